The van der Waals surface area contributed by atoms with Crippen LogP contribution in [0, 0.1) is 0 Å². The molecule has 0 radical (unpaired) electrons. The molecule has 2 unspecified atom stereocenters. The summed E-state index contributed by atoms with van der Waals surface area (Å²) in [6, 6.07) is -0.968. The zero-order valence-corrected chi connectivity index (χ0v) is 8.20. The van der Waals surface area contributed by atoms with Gasteiger partial charge in [0.05, 0.1) is 27.2 Å². The number of nitrogens with two attached hydrogens (primary N) is 1. The second-order valence-corrected chi connectivity index (χ2v) is 3.95. The van der Waals surface area contributed by atoms with Crippen molar-refractivity contribution in [2.24, 2.45) is 5.73 Å². The molecule has 0 aliphatic rings. The minimum Gasteiger partial charge on any atom is -0.544 e. The topological polar surface area (TPSA) is 66.2 Å². The fraction of sp³-hybridized carbons (Fsp3) is 0.875. The van der Waals surface area contributed by atoms with Crippen molar-refractivity contribution in [1.29, 1.82) is 0 Å². The molecule has 0 aliphatic carbocycles. The predicted octanol–water partition coefficient (Wildman–Crippen LogP) is -1.45. The van der Waals surface area contributed by atoms with E-state index in [1.165, 1.54) is 0 Å². The second-order valence-electron chi connectivity index (χ2n) is 3.95. The summed E-state index contributed by atoms with van der Waals surface area (Å²) in [4.78, 5) is 10.7. The third-order valence-electron chi connectivity index (χ3n) is 1.95. The molecule has 4 heteroatoms. The van der Waals surface area contributed by atoms with Crippen molar-refractivity contribution in [2.45, 2.75) is 25.4 Å². The lowest BCUT2D eigenvalue weighted by Crippen LogP contribution is -2.62. The van der Waals surface area contributed by atoms with Crippen molar-refractivity contribution < 1.29 is 14.4 Å². The van der Waals surface area contributed by atoms with Gasteiger partial charge in [0, 0.05) is 0 Å². The molecule has 0 heterocycles. The Balaban J connectivity index is 4.56. The highest BCUT2D eigenvalue weighted by Gasteiger charge is 2.30. The van der Waals surface area contributed by atoms with Gasteiger partial charge in [-0.05, 0) is 6.42 Å². The molecule has 2 atom stereocenters. The van der Waals surface area contributed by atoms with Gasteiger partial charge in [0.2, 0.25) is 0 Å². The first-order chi connectivity index (χ1) is 5.30. The van der Waals surface area contributed by atoms with Gasteiger partial charge in [-0.1, -0.05) is 6.92 Å². The molecule has 72 valence electrons. The highest BCUT2D eigenvalue weighted by molar-refractivity contribution is 5.70. The van der Waals surface area contributed by atoms with Crippen molar-refractivity contribution in [3.63, 3.8) is 0 Å². The van der Waals surface area contributed by atoms with E-state index < -0.39 is 12.0 Å². The molecule has 0 saturated heterocycles. The Bertz CT molecular complexity index is 163. The zero-order valence-electron chi connectivity index (χ0n) is 8.20. The number of hydrogen-bond acceptors (Lipinski definition) is 3. The van der Waals surface area contributed by atoms with Crippen LogP contribution < -0.4 is 10.8 Å². The van der Waals surface area contributed by atoms with E-state index in [1.807, 2.05) is 6.92 Å². The van der Waals surface area contributed by atoms with Crippen LogP contribution in [0.2, 0.25) is 0 Å². The lowest BCUT2D eigenvalue weighted by molar-refractivity contribution is -0.890. The summed E-state index contributed by atoms with van der Waals surface area (Å²) in [7, 11) is 5.40. The number of aliphatic carboxylic acids is 1. The van der Waals surface area contributed by atoms with Crippen LogP contribution in [0.4, 0.5) is 0 Å². The summed E-state index contributed by atoms with van der Waals surface area (Å²) in [5.74, 6) is -1.07. The molecule has 0 fully saturated rings. The van der Waals surface area contributed by atoms with Crippen molar-refractivity contribution in [3.05, 3.63) is 0 Å². The van der Waals surface area contributed by atoms with Crippen LogP contribution in [-0.4, -0.2) is 43.7 Å². The molecule has 0 aromatic rings. The number of carbonyl (C=O) groups excluding carboxylic acids is 1. The molecule has 0 aromatic carbocycles. The molecule has 0 bridgehead atoms. The first-order valence-corrected chi connectivity index (χ1v) is 4.08. The molecule has 12 heavy (non-hydrogen) atoms. The van der Waals surface area contributed by atoms with E-state index in [0.717, 1.165) is 0 Å². The average molecular weight is 174 g/mol. The first-order valence-electron chi connectivity index (χ1n) is 4.08. The Hall–Kier alpha value is -0.610. The summed E-state index contributed by atoms with van der Waals surface area (Å²) in [6.07, 6.45) is 0.647. The normalized spacial score (nSPS) is 17.1. The number of nitrogens with zero attached hydrogens (tertiary/aromatic N) is 1. The fourth-order valence-electron chi connectivity index (χ4n) is 1.29. The van der Waals surface area contributed by atoms with E-state index in [9.17, 15) is 9.90 Å². The Morgan fingerprint density at radius 3 is 2.00 bits per heavy atom. The van der Waals surface area contributed by atoms with Gasteiger partial charge in [0.1, 0.15) is 12.0 Å². The number of quaternary nitrogens is 1. The van der Waals surface area contributed by atoms with E-state index in [4.69, 9.17) is 5.73 Å². The van der Waals surface area contributed by atoms with Gasteiger partial charge in [-0.3, -0.25) is 0 Å². The predicted molar refractivity (Wildman–Crippen MR) is 45.1 cm³/mol. The molecular formula is C8H18N2O2. The average Bonchev–Trinajstić information content (AvgIpc) is 1.83. The number of carboxylic acid groups (broad SMARTS) is 1. The summed E-state index contributed by atoms with van der Waals surface area (Å²) in [6.45, 7) is 1.87. The van der Waals surface area contributed by atoms with E-state index >= 15 is 0 Å². The maximum Gasteiger partial charge on any atom is 0.144 e. The van der Waals surface area contributed by atoms with Gasteiger partial charge in [0.25, 0.3) is 0 Å². The third-order valence-corrected chi connectivity index (χ3v) is 1.95. The van der Waals surface area contributed by atoms with Gasteiger partial charge in [-0.15, -0.1) is 0 Å². The first kappa shape index (κ1) is 11.4. The lowest BCUT2D eigenvalue weighted by Gasteiger charge is -2.37. The number of carboxylic acids is 1. The number of hydrogen-bond donors (Lipinski definition) is 1. The SMILES string of the molecule is CCC(N)C(C(=O)[O-])[N+](C)(C)C. The molecule has 0 aromatic heterocycles. The molecule has 4 nitrogen and oxygen atoms in total. The monoisotopic (exact) mass is 174 g/mol. The standard InChI is InChI=1S/C8H18N2O2/c1-5-6(9)7(8(11)12)10(2,3)4/h6-7H,5,9H2,1-4H3. The summed E-state index contributed by atoms with van der Waals surface area (Å²) >= 11 is 0. The zero-order chi connectivity index (χ0) is 9.94. The van der Waals surface area contributed by atoms with Gasteiger partial charge in [-0.2, -0.15) is 0 Å². The molecule has 0 spiro atoms. The Kier molecular flexibility index (Phi) is 3.67. The highest BCUT2D eigenvalue weighted by atomic mass is 16.4. The van der Waals surface area contributed by atoms with Gasteiger partial charge in [0.15, 0.2) is 0 Å². The molecular weight excluding hydrogens is 156 g/mol. The van der Waals surface area contributed by atoms with Gasteiger partial charge >= 0.3 is 0 Å². The van der Waals surface area contributed by atoms with Crippen LogP contribution in [0.15, 0.2) is 0 Å². The Morgan fingerprint density at radius 2 is 1.92 bits per heavy atom. The van der Waals surface area contributed by atoms with Crippen LogP contribution in [0.25, 0.3) is 0 Å². The minimum atomic E-state index is -1.07. The van der Waals surface area contributed by atoms with E-state index in [2.05, 4.69) is 0 Å². The molecule has 0 amide bonds. The van der Waals surface area contributed by atoms with Crippen molar-refractivity contribution in [3.8, 4) is 0 Å². The largest absolute Gasteiger partial charge is 0.544 e. The highest BCUT2D eigenvalue weighted by Crippen LogP contribution is 2.07. The summed E-state index contributed by atoms with van der Waals surface area (Å²) < 4.78 is 0.303. The minimum absolute atomic E-state index is 0.303. The molecule has 0 saturated carbocycles. The van der Waals surface area contributed by atoms with Gasteiger partial charge < -0.3 is 20.1 Å². The maximum atomic E-state index is 10.7. The van der Waals surface area contributed by atoms with Crippen molar-refractivity contribution in [1.82, 2.24) is 0 Å². The van der Waals surface area contributed by atoms with E-state index in [-0.39, 0.29) is 6.04 Å². The smallest absolute Gasteiger partial charge is 0.144 e. The van der Waals surface area contributed by atoms with Crippen LogP contribution in [0.3, 0.4) is 0 Å². The number of rotatable bonds is 4. The summed E-state index contributed by atoms with van der Waals surface area (Å²) in [5, 5.41) is 10.7. The third kappa shape index (κ3) is 2.79. The molecule has 0 rings (SSSR count). The van der Waals surface area contributed by atoms with E-state index in [1.54, 1.807) is 21.1 Å². The molecule has 2 N–H and O–H groups in total. The van der Waals surface area contributed by atoms with E-state index in [0.29, 0.717) is 10.9 Å². The van der Waals surface area contributed by atoms with Crippen molar-refractivity contribution >= 4 is 5.97 Å². The lowest BCUT2D eigenvalue weighted by atomic mass is 10.0. The number of likely N-dealkylation sites (N-methyl/N-ethyl adjacent to an activating group) is 1. The van der Waals surface area contributed by atoms with Crippen LogP contribution in [0.5, 0.6) is 0 Å². The van der Waals surface area contributed by atoms with Crippen LogP contribution >= 0.6 is 0 Å². The Labute approximate surface area is 73.6 Å². The quantitative estimate of drug-likeness (QED) is 0.530. The second kappa shape index (κ2) is 3.87. The fourth-order valence-corrected chi connectivity index (χ4v) is 1.29. The maximum absolute atomic E-state index is 10.7. The summed E-state index contributed by atoms with van der Waals surface area (Å²) in [5.41, 5.74) is 5.67. The van der Waals surface area contributed by atoms with Gasteiger partial charge in [-0.25, -0.2) is 0 Å². The van der Waals surface area contributed by atoms with Crippen LogP contribution in [0.1, 0.15) is 13.3 Å². The number of carbonyl (C=O) groups is 1. The van der Waals surface area contributed by atoms with Crippen LogP contribution in [-0.2, 0) is 4.79 Å². The molecule has 0 aliphatic heterocycles. The van der Waals surface area contributed by atoms with Crippen molar-refractivity contribution in [2.75, 3.05) is 21.1 Å². The Morgan fingerprint density at radius 1 is 1.50 bits per heavy atom.